The molecule has 32 heavy (non-hydrogen) atoms. The molecule has 0 aliphatic rings. The minimum Gasteiger partial charge on any atom is -0.481 e. The van der Waals surface area contributed by atoms with Crippen molar-refractivity contribution < 1.29 is 9.53 Å². The number of pyridine rings is 1. The first-order valence-corrected chi connectivity index (χ1v) is 11.3. The Morgan fingerprint density at radius 2 is 1.81 bits per heavy atom. The fraction of sp³-hybridized carbons (Fsp3) is 0.160. The van der Waals surface area contributed by atoms with Crippen LogP contribution in [0.2, 0.25) is 0 Å². The first-order chi connectivity index (χ1) is 15.6. The third-order valence-corrected chi connectivity index (χ3v) is 5.94. The molecular formula is C25H23N3O3S. The summed E-state index contributed by atoms with van der Waals surface area (Å²) in [5, 5.41) is 2.99. The van der Waals surface area contributed by atoms with Crippen molar-refractivity contribution in [3.8, 4) is 5.75 Å². The lowest BCUT2D eigenvalue weighted by Crippen LogP contribution is -2.32. The number of hydrogen-bond acceptors (Lipinski definition) is 5. The van der Waals surface area contributed by atoms with Gasteiger partial charge in [-0.3, -0.25) is 14.0 Å². The third-order valence-electron chi connectivity index (χ3n) is 4.83. The first-order valence-electron chi connectivity index (χ1n) is 10.4. The molecule has 4 aromatic rings. The van der Waals surface area contributed by atoms with E-state index in [1.54, 1.807) is 24.4 Å². The molecule has 1 N–H and O–H groups in total. The number of aromatic nitrogens is 2. The fourth-order valence-corrected chi connectivity index (χ4v) is 4.12. The van der Waals surface area contributed by atoms with Gasteiger partial charge in [0.15, 0.2) is 6.10 Å². The SMILES string of the molecule is CCC(Oc1ccccc1)C(=O)Nc1ccccc1SCc1cc(=O)n2ccccc2n1. The maximum Gasteiger partial charge on any atom is 0.265 e. The van der Waals surface area contributed by atoms with Gasteiger partial charge in [-0.05, 0) is 42.8 Å². The van der Waals surface area contributed by atoms with E-state index >= 15 is 0 Å². The number of benzene rings is 2. The second-order valence-electron chi connectivity index (χ2n) is 7.12. The van der Waals surface area contributed by atoms with Crippen LogP contribution in [-0.2, 0) is 10.5 Å². The van der Waals surface area contributed by atoms with E-state index in [1.807, 2.05) is 67.6 Å². The number of rotatable bonds is 8. The molecule has 0 saturated carbocycles. The molecule has 0 fully saturated rings. The van der Waals surface area contributed by atoms with Gasteiger partial charge in [0.2, 0.25) is 0 Å². The number of hydrogen-bond donors (Lipinski definition) is 1. The average molecular weight is 446 g/mol. The minimum atomic E-state index is -0.599. The lowest BCUT2D eigenvalue weighted by atomic mass is 10.2. The average Bonchev–Trinajstić information content (AvgIpc) is 2.82. The lowest BCUT2D eigenvalue weighted by Gasteiger charge is -2.18. The zero-order valence-electron chi connectivity index (χ0n) is 17.6. The molecule has 1 unspecified atom stereocenters. The summed E-state index contributed by atoms with van der Waals surface area (Å²) in [4.78, 5) is 30.6. The number of anilines is 1. The summed E-state index contributed by atoms with van der Waals surface area (Å²) in [6, 6.07) is 23.9. The predicted molar refractivity (Wildman–Crippen MR) is 127 cm³/mol. The number of thioether (sulfide) groups is 1. The van der Waals surface area contributed by atoms with Gasteiger partial charge in [0.25, 0.3) is 11.5 Å². The van der Waals surface area contributed by atoms with Crippen molar-refractivity contribution in [2.45, 2.75) is 30.1 Å². The zero-order valence-corrected chi connectivity index (χ0v) is 18.4. The summed E-state index contributed by atoms with van der Waals surface area (Å²) in [7, 11) is 0. The maximum atomic E-state index is 12.9. The smallest absolute Gasteiger partial charge is 0.265 e. The van der Waals surface area contributed by atoms with E-state index in [9.17, 15) is 9.59 Å². The molecule has 2 aromatic heterocycles. The third kappa shape index (κ3) is 5.18. The maximum absolute atomic E-state index is 12.9. The highest BCUT2D eigenvalue weighted by Crippen LogP contribution is 2.29. The van der Waals surface area contributed by atoms with Crippen LogP contribution in [0.1, 0.15) is 19.0 Å². The molecule has 0 spiro atoms. The Kier molecular flexibility index (Phi) is 6.87. The fourth-order valence-electron chi connectivity index (χ4n) is 3.22. The van der Waals surface area contributed by atoms with Crippen LogP contribution in [0.4, 0.5) is 5.69 Å². The molecule has 4 rings (SSSR count). The highest BCUT2D eigenvalue weighted by molar-refractivity contribution is 7.98. The summed E-state index contributed by atoms with van der Waals surface area (Å²) in [5.41, 5.74) is 1.89. The molecule has 7 heteroatoms. The number of nitrogens with zero attached hydrogens (tertiary/aromatic N) is 2. The monoisotopic (exact) mass is 445 g/mol. The Morgan fingerprint density at radius 1 is 1.06 bits per heavy atom. The number of ether oxygens (including phenoxy) is 1. The minimum absolute atomic E-state index is 0.114. The van der Waals surface area contributed by atoms with E-state index in [4.69, 9.17) is 4.74 Å². The second-order valence-corrected chi connectivity index (χ2v) is 8.13. The molecule has 162 valence electrons. The van der Waals surface area contributed by atoms with Crippen LogP contribution >= 0.6 is 11.8 Å². The normalized spacial score (nSPS) is 11.8. The lowest BCUT2D eigenvalue weighted by molar-refractivity contribution is -0.122. The Hall–Kier alpha value is -3.58. The van der Waals surface area contributed by atoms with E-state index in [0.29, 0.717) is 35.0 Å². The van der Waals surface area contributed by atoms with Gasteiger partial charge in [0.1, 0.15) is 11.4 Å². The van der Waals surface area contributed by atoms with Crippen LogP contribution in [0.3, 0.4) is 0 Å². The van der Waals surface area contributed by atoms with Crippen molar-refractivity contribution in [3.63, 3.8) is 0 Å². The standard InChI is InChI=1S/C25H23N3O3S/c1-2-21(31-19-10-4-3-5-11-19)25(30)27-20-12-6-7-13-22(20)32-17-18-16-24(29)28-15-9-8-14-23(28)26-18/h3-16,21H,2,17H2,1H3,(H,27,30). The van der Waals surface area contributed by atoms with Gasteiger partial charge < -0.3 is 10.1 Å². The van der Waals surface area contributed by atoms with Gasteiger partial charge >= 0.3 is 0 Å². The van der Waals surface area contributed by atoms with Gasteiger partial charge in [-0.15, -0.1) is 11.8 Å². The molecule has 0 radical (unpaired) electrons. The quantitative estimate of drug-likeness (QED) is 0.395. The van der Waals surface area contributed by atoms with Crippen molar-refractivity contribution in [1.82, 2.24) is 9.38 Å². The van der Waals surface area contributed by atoms with Crippen molar-refractivity contribution in [2.75, 3.05) is 5.32 Å². The second kappa shape index (κ2) is 10.2. The Labute approximate surface area is 190 Å². The van der Waals surface area contributed by atoms with E-state index in [1.165, 1.54) is 16.2 Å². The van der Waals surface area contributed by atoms with E-state index in [-0.39, 0.29) is 11.5 Å². The number of carbonyl (C=O) groups excluding carboxylic acids is 1. The molecule has 0 aliphatic heterocycles. The molecule has 0 saturated heterocycles. The first kappa shape index (κ1) is 21.6. The molecule has 6 nitrogen and oxygen atoms in total. The summed E-state index contributed by atoms with van der Waals surface area (Å²) < 4.78 is 7.37. The Balaban J connectivity index is 1.47. The van der Waals surface area contributed by atoms with E-state index in [0.717, 1.165) is 4.90 Å². The zero-order chi connectivity index (χ0) is 22.3. The van der Waals surface area contributed by atoms with Crippen LogP contribution in [0, 0.1) is 0 Å². The van der Waals surface area contributed by atoms with Crippen LogP contribution in [-0.4, -0.2) is 21.4 Å². The van der Waals surface area contributed by atoms with Crippen molar-refractivity contribution in [1.29, 1.82) is 0 Å². The topological polar surface area (TPSA) is 72.7 Å². The van der Waals surface area contributed by atoms with E-state index < -0.39 is 6.10 Å². The summed E-state index contributed by atoms with van der Waals surface area (Å²) in [6.07, 6.45) is 1.65. The summed E-state index contributed by atoms with van der Waals surface area (Å²) in [5.74, 6) is 0.961. The number of nitrogens with one attached hydrogen (secondary N) is 1. The number of para-hydroxylation sites is 2. The van der Waals surface area contributed by atoms with Crippen molar-refractivity contribution in [3.05, 3.63) is 101 Å². The van der Waals surface area contributed by atoms with Gasteiger partial charge in [-0.25, -0.2) is 4.98 Å². The molecule has 2 heterocycles. The van der Waals surface area contributed by atoms with Crippen molar-refractivity contribution in [2.24, 2.45) is 0 Å². The highest BCUT2D eigenvalue weighted by Gasteiger charge is 2.19. The Morgan fingerprint density at radius 3 is 2.62 bits per heavy atom. The van der Waals surface area contributed by atoms with Crippen LogP contribution in [0.25, 0.3) is 5.65 Å². The van der Waals surface area contributed by atoms with Gasteiger partial charge in [0.05, 0.1) is 11.4 Å². The van der Waals surface area contributed by atoms with Crippen LogP contribution < -0.4 is 15.6 Å². The molecule has 2 aromatic carbocycles. The van der Waals surface area contributed by atoms with Gasteiger partial charge in [-0.2, -0.15) is 0 Å². The highest BCUT2D eigenvalue weighted by atomic mass is 32.2. The molecule has 0 bridgehead atoms. The molecule has 1 amide bonds. The molecular weight excluding hydrogens is 422 g/mol. The predicted octanol–water partition coefficient (Wildman–Crippen LogP) is 4.78. The number of carbonyl (C=O) groups is 1. The van der Waals surface area contributed by atoms with Gasteiger partial charge in [-0.1, -0.05) is 43.3 Å². The Bertz CT molecular complexity index is 1270. The molecule has 0 aliphatic carbocycles. The van der Waals surface area contributed by atoms with E-state index in [2.05, 4.69) is 10.3 Å². The molecule has 1 atom stereocenters. The number of fused-ring (bicyclic) bond motifs is 1. The largest absolute Gasteiger partial charge is 0.481 e. The van der Waals surface area contributed by atoms with Crippen molar-refractivity contribution >= 4 is 29.0 Å². The summed E-state index contributed by atoms with van der Waals surface area (Å²) in [6.45, 7) is 1.91. The van der Waals surface area contributed by atoms with Gasteiger partial charge in [0, 0.05) is 22.9 Å². The van der Waals surface area contributed by atoms with Crippen LogP contribution in [0.5, 0.6) is 5.75 Å². The van der Waals surface area contributed by atoms with Crippen LogP contribution in [0.15, 0.2) is 94.7 Å². The number of amides is 1. The summed E-state index contributed by atoms with van der Waals surface area (Å²) >= 11 is 1.52.